The van der Waals surface area contributed by atoms with Crippen LogP contribution in [0, 0.1) is 11.8 Å². The van der Waals surface area contributed by atoms with Crippen molar-refractivity contribution in [3.8, 4) is 0 Å². The number of ether oxygens (including phenoxy) is 4. The van der Waals surface area contributed by atoms with E-state index < -0.39 is 110 Å². The molecule has 294 valence electrons. The molecule has 0 aliphatic carbocycles. The van der Waals surface area contributed by atoms with Gasteiger partial charge in [0.25, 0.3) is 0 Å². The molecule has 2 fully saturated rings. The number of aliphatic hydroxyl groups excluding tert-OH is 5. The van der Waals surface area contributed by atoms with Crippen LogP contribution in [-0.2, 0) is 33.3 Å². The number of rotatable bonds is 4. The van der Waals surface area contributed by atoms with Crippen molar-refractivity contribution in [2.75, 3.05) is 0 Å². The second-order valence-electron chi connectivity index (χ2n) is 14.1. The molecule has 0 aromatic carbocycles. The monoisotopic (exact) mass is 739 g/mol. The molecule has 9 N–H and O–H groups in total. The number of allylic oxidation sites excluding steroid dienone is 6. The van der Waals surface area contributed by atoms with Gasteiger partial charge in [-0.05, 0) is 33.1 Å². The van der Waals surface area contributed by atoms with Crippen LogP contribution < -0.4 is 5.73 Å². The summed E-state index contributed by atoms with van der Waals surface area (Å²) in [5.74, 6) is -6.84. The van der Waals surface area contributed by atoms with E-state index >= 15 is 0 Å². The second kappa shape index (κ2) is 20.6. The summed E-state index contributed by atoms with van der Waals surface area (Å²) in [5, 5.41) is 74.8. The molecule has 3 aliphatic heterocycles. The maximum atomic E-state index is 12.8. The fourth-order valence-electron chi connectivity index (χ4n) is 6.72. The van der Waals surface area contributed by atoms with Crippen LogP contribution >= 0.6 is 0 Å². The van der Waals surface area contributed by atoms with Gasteiger partial charge in [0.05, 0.1) is 54.7 Å². The Morgan fingerprint density at radius 3 is 2.33 bits per heavy atom. The summed E-state index contributed by atoms with van der Waals surface area (Å²) in [4.78, 5) is 37.8. The molecule has 3 heterocycles. The Bertz CT molecular complexity index is 1290. The predicted molar refractivity (Wildman–Crippen MR) is 186 cm³/mol. The van der Waals surface area contributed by atoms with E-state index in [1.54, 1.807) is 69.4 Å². The summed E-state index contributed by atoms with van der Waals surface area (Å²) < 4.78 is 23.1. The zero-order chi connectivity index (χ0) is 38.6. The minimum atomic E-state index is -2.15. The van der Waals surface area contributed by atoms with E-state index in [0.717, 1.165) is 0 Å². The summed E-state index contributed by atoms with van der Waals surface area (Å²) >= 11 is 0. The third-order valence-corrected chi connectivity index (χ3v) is 9.66. The van der Waals surface area contributed by atoms with Gasteiger partial charge in [-0.1, -0.05) is 55.5 Å². The molecule has 15 nitrogen and oxygen atoms in total. The molecule has 3 rings (SSSR count). The molecule has 0 aromatic heterocycles. The Morgan fingerprint density at radius 2 is 1.65 bits per heavy atom. The average Bonchev–Trinajstić information content (AvgIpc) is 3.04. The van der Waals surface area contributed by atoms with Crippen LogP contribution in [0.15, 0.2) is 48.6 Å². The number of hydrogen-bond acceptors (Lipinski definition) is 14. The van der Waals surface area contributed by atoms with Crippen LogP contribution in [0.5, 0.6) is 0 Å². The van der Waals surface area contributed by atoms with E-state index in [9.17, 15) is 50.1 Å². The second-order valence-corrected chi connectivity index (χ2v) is 14.1. The summed E-state index contributed by atoms with van der Waals surface area (Å²) in [5.41, 5.74) is 5.98. The highest BCUT2D eigenvalue weighted by Gasteiger charge is 2.50. The molecule has 1 unspecified atom stereocenters. The number of aliphatic hydroxyl groups is 6. The number of hydrogen-bond donors (Lipinski definition) is 8. The molecule has 15 heteroatoms. The van der Waals surface area contributed by atoms with Gasteiger partial charge in [-0.2, -0.15) is 0 Å². The highest BCUT2D eigenvalue weighted by atomic mass is 16.7. The van der Waals surface area contributed by atoms with Gasteiger partial charge in [-0.15, -0.1) is 0 Å². The fourth-order valence-corrected chi connectivity index (χ4v) is 6.72. The number of cyclic esters (lactones) is 1. The van der Waals surface area contributed by atoms with Gasteiger partial charge in [0.1, 0.15) is 23.9 Å². The average molecular weight is 740 g/mol. The molecule has 52 heavy (non-hydrogen) atoms. The molecule has 0 spiro atoms. The summed E-state index contributed by atoms with van der Waals surface area (Å²) in [7, 11) is 0. The number of carbonyl (C=O) groups is 3. The quantitative estimate of drug-likeness (QED) is 0.187. The number of fused-ring (bicyclic) bond motifs is 2. The summed E-state index contributed by atoms with van der Waals surface area (Å²) in [6.07, 6.45) is 1.33. The lowest BCUT2D eigenvalue weighted by Gasteiger charge is -2.45. The Labute approximate surface area is 304 Å². The minimum Gasteiger partial charge on any atom is -0.481 e. The lowest BCUT2D eigenvalue weighted by Crippen LogP contribution is -2.61. The number of nitrogens with two attached hydrogens (primary N) is 1. The molecular weight excluding hydrogens is 682 g/mol. The topological polar surface area (TPSA) is 256 Å². The number of Topliss-reactive ketones (excluding diaryl/α,β-unsaturated/α-hetero) is 1. The Kier molecular flexibility index (Phi) is 17.2. The van der Waals surface area contributed by atoms with Crippen molar-refractivity contribution in [1.82, 2.24) is 0 Å². The van der Waals surface area contributed by atoms with Crippen LogP contribution in [0.4, 0.5) is 0 Å². The zero-order valence-corrected chi connectivity index (χ0v) is 30.1. The first kappa shape index (κ1) is 43.6. The zero-order valence-electron chi connectivity index (χ0n) is 30.1. The van der Waals surface area contributed by atoms with Crippen molar-refractivity contribution in [3.05, 3.63) is 48.6 Å². The molecule has 0 radical (unpaired) electrons. The number of carboxylic acid groups (broad SMARTS) is 1. The molecular formula is C37H57NO14. The highest BCUT2D eigenvalue weighted by Crippen LogP contribution is 2.38. The molecule has 2 bridgehead atoms. The third kappa shape index (κ3) is 12.9. The SMILES string of the molecule is CC[C@@H]1C(=O)O[C@H](C)C\C=C/C=C/C=C/C=C/[C@H](O[C@@H]2O[C@H](C)[C@@H](O)[C@H](N)[C@@H]2O)CC2O[C@](O)(C[C@@H](O)CCCC(=O)C[C@H]1O)C[C@H](O)[C@H]2C(=O)O. The molecule has 0 aromatic rings. The van der Waals surface area contributed by atoms with Crippen molar-refractivity contribution in [3.63, 3.8) is 0 Å². The standard InChI is InChI=1S/C37H57NO14/c1-4-26-27(41)17-23(39)14-12-15-24(40)19-37(48)20-28(42)30(34(45)46)29(52-37)18-25(51-36-33(44)31(38)32(43)22(3)50-36)16-11-9-7-5-6-8-10-13-21(2)49-35(26)47/h5-11,16,21-22,24-33,36,40-44,48H,4,12-15,17-20,38H2,1-3H3,(H,45,46)/b6-5+,9-7+,10-8-,16-11+/t21-,22-,24+,25+,26+,27-,28+,29?,30-,31+,32-,33+,36+,37-/m1/s1. The minimum absolute atomic E-state index is 0.0197. The maximum Gasteiger partial charge on any atom is 0.311 e. The molecule has 2 saturated heterocycles. The highest BCUT2D eigenvalue weighted by molar-refractivity contribution is 5.80. The van der Waals surface area contributed by atoms with Crippen LogP contribution in [0.1, 0.15) is 78.6 Å². The van der Waals surface area contributed by atoms with Gasteiger partial charge in [-0.25, -0.2) is 0 Å². The number of ketones is 1. The van der Waals surface area contributed by atoms with E-state index in [2.05, 4.69) is 0 Å². The van der Waals surface area contributed by atoms with Crippen LogP contribution in [0.3, 0.4) is 0 Å². The van der Waals surface area contributed by atoms with Crippen molar-refractivity contribution < 1.29 is 69.1 Å². The van der Waals surface area contributed by atoms with Gasteiger partial charge in [0, 0.05) is 38.5 Å². The van der Waals surface area contributed by atoms with E-state index in [-0.39, 0.29) is 44.3 Å². The molecule has 0 amide bonds. The number of aliphatic carboxylic acids is 1. The van der Waals surface area contributed by atoms with E-state index in [4.69, 9.17) is 24.7 Å². The van der Waals surface area contributed by atoms with Gasteiger partial charge in [-0.3, -0.25) is 14.4 Å². The Hall–Kier alpha value is -2.83. The lowest BCUT2D eigenvalue weighted by atomic mass is 9.83. The fraction of sp³-hybridized carbons (Fsp3) is 0.703. The first-order valence-electron chi connectivity index (χ1n) is 18.0. The van der Waals surface area contributed by atoms with E-state index in [0.29, 0.717) is 6.42 Å². The largest absolute Gasteiger partial charge is 0.481 e. The maximum absolute atomic E-state index is 12.8. The molecule has 0 saturated carbocycles. The summed E-state index contributed by atoms with van der Waals surface area (Å²) in [6, 6.07) is -1.10. The Balaban J connectivity index is 1.88. The smallest absolute Gasteiger partial charge is 0.311 e. The van der Waals surface area contributed by atoms with Crippen molar-refractivity contribution in [2.24, 2.45) is 17.6 Å². The first-order valence-corrected chi connectivity index (χ1v) is 18.0. The van der Waals surface area contributed by atoms with Gasteiger partial charge in [0.2, 0.25) is 0 Å². The number of esters is 1. The van der Waals surface area contributed by atoms with Gasteiger partial charge >= 0.3 is 11.9 Å². The van der Waals surface area contributed by atoms with Crippen molar-refractivity contribution in [1.29, 1.82) is 0 Å². The van der Waals surface area contributed by atoms with E-state index in [1.807, 2.05) is 0 Å². The number of carboxylic acids is 1. The van der Waals surface area contributed by atoms with Gasteiger partial charge in [0.15, 0.2) is 12.1 Å². The van der Waals surface area contributed by atoms with Crippen LogP contribution in [0.2, 0.25) is 0 Å². The van der Waals surface area contributed by atoms with E-state index in [1.165, 1.54) is 0 Å². The predicted octanol–water partition coefficient (Wildman–Crippen LogP) is 0.923. The molecule has 3 aliphatic rings. The summed E-state index contributed by atoms with van der Waals surface area (Å²) in [6.45, 7) is 5.00. The lowest BCUT2D eigenvalue weighted by molar-refractivity contribution is -0.308. The van der Waals surface area contributed by atoms with Gasteiger partial charge < -0.3 is 60.4 Å². The first-order chi connectivity index (χ1) is 24.5. The van der Waals surface area contributed by atoms with Crippen molar-refractivity contribution >= 4 is 17.7 Å². The van der Waals surface area contributed by atoms with Crippen molar-refractivity contribution in [2.45, 2.75) is 152 Å². The molecule has 14 atom stereocenters. The Morgan fingerprint density at radius 1 is 0.981 bits per heavy atom. The van der Waals surface area contributed by atoms with Crippen LogP contribution in [0.25, 0.3) is 0 Å². The third-order valence-electron chi connectivity index (χ3n) is 9.66. The number of carbonyl (C=O) groups excluding carboxylic acids is 2. The normalized spacial score (nSPS) is 43.5. The van der Waals surface area contributed by atoms with Crippen LogP contribution in [-0.4, -0.2) is 127 Å².